The Morgan fingerprint density at radius 1 is 1.26 bits per heavy atom. The molecule has 0 aliphatic heterocycles. The molecule has 0 amide bonds. The van der Waals surface area contributed by atoms with E-state index in [1.54, 1.807) is 14.2 Å². The van der Waals surface area contributed by atoms with Gasteiger partial charge < -0.3 is 9.47 Å². The van der Waals surface area contributed by atoms with Crippen molar-refractivity contribution in [2.24, 2.45) is 5.84 Å². The molecule has 3 N–H and O–H groups in total. The molecule has 1 unspecified atom stereocenters. The number of hydrazine groups is 1. The zero-order valence-electron chi connectivity index (χ0n) is 12.0. The minimum Gasteiger partial charge on any atom is -0.496 e. The molecule has 0 heterocycles. The van der Waals surface area contributed by atoms with E-state index in [1.807, 2.05) is 12.1 Å². The summed E-state index contributed by atoms with van der Waals surface area (Å²) in [6, 6.07) is 6.12. The number of hydrogen-bond acceptors (Lipinski definition) is 4. The van der Waals surface area contributed by atoms with Gasteiger partial charge in [0, 0.05) is 12.7 Å². The lowest BCUT2D eigenvalue weighted by Crippen LogP contribution is -2.46. The Bertz CT molecular complexity index is 428. The second kappa shape index (κ2) is 5.90. The van der Waals surface area contributed by atoms with Crippen LogP contribution in [0, 0.1) is 6.92 Å². The van der Waals surface area contributed by atoms with Gasteiger partial charge in [-0.3, -0.25) is 5.84 Å². The van der Waals surface area contributed by atoms with Gasteiger partial charge in [0.25, 0.3) is 0 Å². The molecule has 0 spiro atoms. The Morgan fingerprint density at radius 2 is 1.95 bits per heavy atom. The topological polar surface area (TPSA) is 56.5 Å². The molecule has 1 aromatic carbocycles. The Kier molecular flexibility index (Phi) is 4.45. The summed E-state index contributed by atoms with van der Waals surface area (Å²) in [5, 5.41) is 0. The highest BCUT2D eigenvalue weighted by Gasteiger charge is 2.43. The van der Waals surface area contributed by atoms with Crippen molar-refractivity contribution < 1.29 is 9.47 Å². The maximum atomic E-state index is 5.85. The molecular weight excluding hydrogens is 240 g/mol. The third kappa shape index (κ3) is 2.61. The van der Waals surface area contributed by atoms with Crippen LogP contribution >= 0.6 is 0 Å². The zero-order valence-corrected chi connectivity index (χ0v) is 12.0. The van der Waals surface area contributed by atoms with Crippen LogP contribution in [0.5, 0.6) is 5.75 Å². The van der Waals surface area contributed by atoms with Crippen molar-refractivity contribution in [3.05, 3.63) is 29.3 Å². The van der Waals surface area contributed by atoms with Crippen molar-refractivity contribution in [2.45, 2.75) is 44.2 Å². The average molecular weight is 264 g/mol. The minimum absolute atomic E-state index is 0.0464. The molecule has 1 aromatic rings. The molecule has 0 bridgehead atoms. The quantitative estimate of drug-likeness (QED) is 0.633. The number of ether oxygens (including phenoxy) is 2. The van der Waals surface area contributed by atoms with Gasteiger partial charge in [-0.25, -0.2) is 5.43 Å². The molecule has 0 radical (unpaired) electrons. The standard InChI is InChI=1S/C15H24N2O2/c1-11-6-7-13(18-2)12(10-11)14(17-16)15(19-3)8-4-5-9-15/h6-7,10,14,17H,4-5,8-9,16H2,1-3H3. The van der Waals surface area contributed by atoms with Crippen LogP contribution in [0.3, 0.4) is 0 Å². The fraction of sp³-hybridized carbons (Fsp3) is 0.600. The van der Waals surface area contributed by atoms with Crippen molar-refractivity contribution in [2.75, 3.05) is 14.2 Å². The molecule has 1 aliphatic carbocycles. The summed E-state index contributed by atoms with van der Waals surface area (Å²) in [5.74, 6) is 6.69. The van der Waals surface area contributed by atoms with Crippen molar-refractivity contribution in [1.82, 2.24) is 5.43 Å². The highest BCUT2D eigenvalue weighted by atomic mass is 16.5. The van der Waals surface area contributed by atoms with E-state index in [4.69, 9.17) is 15.3 Å². The molecule has 1 saturated carbocycles. The van der Waals surface area contributed by atoms with E-state index in [0.717, 1.165) is 24.2 Å². The summed E-state index contributed by atoms with van der Waals surface area (Å²) in [6.45, 7) is 2.07. The van der Waals surface area contributed by atoms with Crippen LogP contribution in [0.25, 0.3) is 0 Å². The van der Waals surface area contributed by atoms with Gasteiger partial charge in [-0.15, -0.1) is 0 Å². The molecule has 1 fully saturated rings. The Hall–Kier alpha value is -1.10. The van der Waals surface area contributed by atoms with Crippen molar-refractivity contribution in [3.63, 3.8) is 0 Å². The van der Waals surface area contributed by atoms with E-state index >= 15 is 0 Å². The fourth-order valence-electron chi connectivity index (χ4n) is 3.19. The first-order chi connectivity index (χ1) is 9.16. The lowest BCUT2D eigenvalue weighted by atomic mass is 9.86. The van der Waals surface area contributed by atoms with E-state index in [-0.39, 0.29) is 11.6 Å². The number of hydrogen-bond donors (Lipinski definition) is 2. The number of rotatable bonds is 5. The average Bonchev–Trinajstić information content (AvgIpc) is 2.90. The number of benzene rings is 1. The lowest BCUT2D eigenvalue weighted by Gasteiger charge is -2.37. The Morgan fingerprint density at radius 3 is 2.47 bits per heavy atom. The molecule has 106 valence electrons. The van der Waals surface area contributed by atoms with E-state index in [9.17, 15) is 0 Å². The first kappa shape index (κ1) is 14.3. The predicted molar refractivity (Wildman–Crippen MR) is 76.0 cm³/mol. The summed E-state index contributed by atoms with van der Waals surface area (Å²) >= 11 is 0. The predicted octanol–water partition coefficient (Wildman–Crippen LogP) is 2.47. The summed E-state index contributed by atoms with van der Waals surface area (Å²) in [7, 11) is 3.47. The van der Waals surface area contributed by atoms with Crippen LogP contribution in [0.15, 0.2) is 18.2 Å². The molecule has 4 nitrogen and oxygen atoms in total. The van der Waals surface area contributed by atoms with Gasteiger partial charge in [0.2, 0.25) is 0 Å². The third-order valence-electron chi connectivity index (χ3n) is 4.25. The van der Waals surface area contributed by atoms with Crippen LogP contribution < -0.4 is 16.0 Å². The second-order valence-corrected chi connectivity index (χ2v) is 5.32. The molecule has 19 heavy (non-hydrogen) atoms. The number of methoxy groups -OCH3 is 2. The number of aryl methyl sites for hydroxylation is 1. The summed E-state index contributed by atoms with van der Waals surface area (Å²) in [6.07, 6.45) is 4.41. The normalized spacial score (nSPS) is 19.4. The van der Waals surface area contributed by atoms with Crippen LogP contribution in [0.4, 0.5) is 0 Å². The van der Waals surface area contributed by atoms with Crippen molar-refractivity contribution in [3.8, 4) is 5.75 Å². The fourth-order valence-corrected chi connectivity index (χ4v) is 3.19. The largest absolute Gasteiger partial charge is 0.496 e. The molecule has 0 saturated heterocycles. The molecular formula is C15H24N2O2. The molecule has 4 heteroatoms. The van der Waals surface area contributed by atoms with Gasteiger partial charge in [-0.05, 0) is 25.8 Å². The maximum Gasteiger partial charge on any atom is 0.123 e. The summed E-state index contributed by atoms with van der Waals surface area (Å²) in [5.41, 5.74) is 4.99. The number of nitrogens with one attached hydrogen (secondary N) is 1. The van der Waals surface area contributed by atoms with Gasteiger partial charge in [-0.2, -0.15) is 0 Å². The molecule has 1 aliphatic rings. The van der Waals surface area contributed by atoms with Gasteiger partial charge in [0.05, 0.1) is 18.8 Å². The second-order valence-electron chi connectivity index (χ2n) is 5.32. The van der Waals surface area contributed by atoms with Crippen molar-refractivity contribution >= 4 is 0 Å². The van der Waals surface area contributed by atoms with Gasteiger partial charge >= 0.3 is 0 Å². The first-order valence-corrected chi connectivity index (χ1v) is 6.82. The highest BCUT2D eigenvalue weighted by Crippen LogP contribution is 2.44. The zero-order chi connectivity index (χ0) is 13.9. The lowest BCUT2D eigenvalue weighted by molar-refractivity contribution is -0.0373. The highest BCUT2D eigenvalue weighted by molar-refractivity contribution is 5.40. The molecule has 2 rings (SSSR count). The summed E-state index contributed by atoms with van der Waals surface area (Å²) in [4.78, 5) is 0. The van der Waals surface area contributed by atoms with Crippen LogP contribution in [-0.4, -0.2) is 19.8 Å². The number of nitrogens with two attached hydrogens (primary N) is 1. The Balaban J connectivity index is 2.43. The van der Waals surface area contributed by atoms with E-state index < -0.39 is 0 Å². The minimum atomic E-state index is -0.226. The van der Waals surface area contributed by atoms with Crippen LogP contribution in [0.1, 0.15) is 42.9 Å². The van der Waals surface area contributed by atoms with E-state index in [0.29, 0.717) is 0 Å². The molecule has 0 aromatic heterocycles. The van der Waals surface area contributed by atoms with Crippen LogP contribution in [-0.2, 0) is 4.74 Å². The monoisotopic (exact) mass is 264 g/mol. The van der Waals surface area contributed by atoms with Gasteiger partial charge in [0.1, 0.15) is 5.75 Å². The van der Waals surface area contributed by atoms with Crippen molar-refractivity contribution in [1.29, 1.82) is 0 Å². The molecule has 1 atom stereocenters. The first-order valence-electron chi connectivity index (χ1n) is 6.82. The van der Waals surface area contributed by atoms with E-state index in [2.05, 4.69) is 18.4 Å². The maximum absolute atomic E-state index is 5.85. The van der Waals surface area contributed by atoms with Crippen LogP contribution in [0.2, 0.25) is 0 Å². The Labute approximate surface area is 115 Å². The third-order valence-corrected chi connectivity index (χ3v) is 4.25. The summed E-state index contributed by atoms with van der Waals surface area (Å²) < 4.78 is 11.3. The van der Waals surface area contributed by atoms with E-state index in [1.165, 1.54) is 18.4 Å². The SMILES string of the molecule is COc1ccc(C)cc1C(NN)C1(OC)CCCC1. The van der Waals surface area contributed by atoms with Gasteiger partial charge in [-0.1, -0.05) is 30.5 Å². The van der Waals surface area contributed by atoms with Gasteiger partial charge in [0.15, 0.2) is 0 Å². The smallest absolute Gasteiger partial charge is 0.123 e.